The maximum atomic E-state index is 13.2. The molecule has 9 heteroatoms. The van der Waals surface area contributed by atoms with Crippen molar-refractivity contribution in [1.82, 2.24) is 14.3 Å². The van der Waals surface area contributed by atoms with E-state index in [1.165, 1.54) is 4.68 Å². The molecule has 4 rings (SSSR count). The third kappa shape index (κ3) is 5.99. The highest BCUT2D eigenvalue weighted by Crippen LogP contribution is 2.42. The van der Waals surface area contributed by atoms with Crippen LogP contribution >= 0.6 is 11.8 Å². The quantitative estimate of drug-likeness (QED) is 0.198. The van der Waals surface area contributed by atoms with Crippen molar-refractivity contribution in [2.75, 3.05) is 13.2 Å². The lowest BCUT2D eigenvalue weighted by molar-refractivity contribution is -0.145. The predicted octanol–water partition coefficient (Wildman–Crippen LogP) is 5.48. The number of aryl methyl sites for hydroxylation is 2. The zero-order valence-electron chi connectivity index (χ0n) is 21.8. The van der Waals surface area contributed by atoms with E-state index in [1.54, 1.807) is 54.6 Å². The van der Waals surface area contributed by atoms with Crippen molar-refractivity contribution >= 4 is 17.7 Å². The van der Waals surface area contributed by atoms with Crippen LogP contribution in [0.3, 0.4) is 0 Å². The molecule has 1 aromatic heterocycles. The van der Waals surface area contributed by atoms with Gasteiger partial charge in [0.2, 0.25) is 0 Å². The minimum Gasteiger partial charge on any atom is -0.482 e. The standard InChI is InChI=1S/C29H30FN3O4S/c1-5-36-26(34)18-37-24-15-20(3)25(16-19(24)2)38-27(22-9-7-6-8-10-22)28-31-33(29(35)32(28)4)23-13-11-21(17-30)12-14-23/h6-16,27H,5,17-18H2,1-4H3. The SMILES string of the molecule is CCOC(=O)COc1cc(C)c(SC(c2ccccc2)c2nn(-c3ccc(CF)cc3)c(=O)n2C)cc1C. The minimum absolute atomic E-state index is 0.154. The van der Waals surface area contributed by atoms with E-state index in [2.05, 4.69) is 0 Å². The number of rotatable bonds is 10. The first kappa shape index (κ1) is 27.2. The summed E-state index contributed by atoms with van der Waals surface area (Å²) in [5.41, 5.74) is 3.65. The summed E-state index contributed by atoms with van der Waals surface area (Å²) in [5, 5.41) is 4.43. The van der Waals surface area contributed by atoms with Crippen LogP contribution in [0.25, 0.3) is 5.69 Å². The Hall–Kier alpha value is -3.85. The number of nitrogens with zero attached hydrogens (tertiary/aromatic N) is 3. The number of halogens is 1. The van der Waals surface area contributed by atoms with Crippen LogP contribution in [0.2, 0.25) is 0 Å². The number of carbonyl (C=O) groups is 1. The van der Waals surface area contributed by atoms with E-state index in [9.17, 15) is 14.0 Å². The molecule has 1 atom stereocenters. The average Bonchev–Trinajstić information content (AvgIpc) is 3.22. The lowest BCUT2D eigenvalue weighted by atomic mass is 10.1. The molecule has 0 aliphatic rings. The second-order valence-corrected chi connectivity index (χ2v) is 9.94. The van der Waals surface area contributed by atoms with E-state index in [0.717, 1.165) is 21.6 Å². The summed E-state index contributed by atoms with van der Waals surface area (Å²) in [6, 6.07) is 20.5. The molecule has 1 heterocycles. The van der Waals surface area contributed by atoms with Gasteiger partial charge in [-0.25, -0.2) is 14.0 Å². The monoisotopic (exact) mass is 535 g/mol. The van der Waals surface area contributed by atoms with Gasteiger partial charge in [0, 0.05) is 11.9 Å². The van der Waals surface area contributed by atoms with Gasteiger partial charge in [-0.05, 0) is 67.3 Å². The molecule has 198 valence electrons. The van der Waals surface area contributed by atoms with Crippen LogP contribution < -0.4 is 10.4 Å². The number of alkyl halides is 1. The number of thioether (sulfide) groups is 1. The normalized spacial score (nSPS) is 11.8. The summed E-state index contributed by atoms with van der Waals surface area (Å²) in [5.74, 6) is 0.785. The van der Waals surface area contributed by atoms with E-state index in [0.29, 0.717) is 29.4 Å². The summed E-state index contributed by atoms with van der Waals surface area (Å²) in [6.45, 7) is 5.24. The Morgan fingerprint density at radius 2 is 1.76 bits per heavy atom. The van der Waals surface area contributed by atoms with Crippen molar-refractivity contribution in [2.24, 2.45) is 7.05 Å². The molecule has 0 aliphatic carbocycles. The highest BCUT2D eigenvalue weighted by atomic mass is 32.2. The Kier molecular flexibility index (Phi) is 8.68. The summed E-state index contributed by atoms with van der Waals surface area (Å²) in [4.78, 5) is 25.9. The Morgan fingerprint density at radius 3 is 2.42 bits per heavy atom. The molecular weight excluding hydrogens is 505 g/mol. The molecular formula is C29H30FN3O4S. The number of ether oxygens (including phenoxy) is 2. The predicted molar refractivity (Wildman–Crippen MR) is 146 cm³/mol. The Labute approximate surface area is 225 Å². The van der Waals surface area contributed by atoms with Gasteiger partial charge in [0.15, 0.2) is 12.4 Å². The van der Waals surface area contributed by atoms with Crippen LogP contribution in [-0.4, -0.2) is 33.5 Å². The van der Waals surface area contributed by atoms with Gasteiger partial charge in [-0.15, -0.1) is 16.9 Å². The molecule has 0 aliphatic heterocycles. The maximum absolute atomic E-state index is 13.2. The summed E-state index contributed by atoms with van der Waals surface area (Å²) in [7, 11) is 1.71. The number of esters is 1. The Balaban J connectivity index is 1.70. The zero-order chi connectivity index (χ0) is 27.2. The zero-order valence-corrected chi connectivity index (χ0v) is 22.6. The summed E-state index contributed by atoms with van der Waals surface area (Å²) >= 11 is 1.58. The van der Waals surface area contributed by atoms with Crippen molar-refractivity contribution in [1.29, 1.82) is 0 Å². The van der Waals surface area contributed by atoms with Gasteiger partial charge in [0.05, 0.1) is 17.5 Å². The van der Waals surface area contributed by atoms with Gasteiger partial charge in [-0.2, -0.15) is 4.68 Å². The van der Waals surface area contributed by atoms with Crippen molar-refractivity contribution in [3.8, 4) is 11.4 Å². The van der Waals surface area contributed by atoms with Crippen molar-refractivity contribution in [3.63, 3.8) is 0 Å². The molecule has 0 saturated carbocycles. The van der Waals surface area contributed by atoms with Crippen molar-refractivity contribution < 1.29 is 18.7 Å². The van der Waals surface area contributed by atoms with Crippen LogP contribution in [0.15, 0.2) is 76.4 Å². The minimum atomic E-state index is -0.569. The smallest absolute Gasteiger partial charge is 0.350 e. The van der Waals surface area contributed by atoms with Gasteiger partial charge < -0.3 is 9.47 Å². The highest BCUT2D eigenvalue weighted by molar-refractivity contribution is 7.99. The largest absolute Gasteiger partial charge is 0.482 e. The molecule has 0 N–H and O–H groups in total. The van der Waals surface area contributed by atoms with E-state index in [-0.39, 0.29) is 17.5 Å². The first-order valence-corrected chi connectivity index (χ1v) is 13.1. The van der Waals surface area contributed by atoms with E-state index in [1.807, 2.05) is 56.3 Å². The number of hydrogen-bond acceptors (Lipinski definition) is 6. The number of aromatic nitrogens is 3. The number of benzene rings is 3. The first-order valence-electron chi connectivity index (χ1n) is 12.2. The molecule has 7 nitrogen and oxygen atoms in total. The van der Waals surface area contributed by atoms with Gasteiger partial charge in [-0.3, -0.25) is 4.57 Å². The van der Waals surface area contributed by atoms with E-state index >= 15 is 0 Å². The third-order valence-corrected chi connectivity index (χ3v) is 7.47. The fraction of sp³-hybridized carbons (Fsp3) is 0.276. The van der Waals surface area contributed by atoms with Gasteiger partial charge >= 0.3 is 11.7 Å². The Bertz CT molecular complexity index is 1470. The molecule has 38 heavy (non-hydrogen) atoms. The molecule has 0 fully saturated rings. The van der Waals surface area contributed by atoms with Crippen LogP contribution in [-0.2, 0) is 23.3 Å². The Morgan fingerprint density at radius 1 is 1.05 bits per heavy atom. The van der Waals surface area contributed by atoms with Gasteiger partial charge in [0.1, 0.15) is 12.4 Å². The maximum Gasteiger partial charge on any atom is 0.350 e. The first-order chi connectivity index (χ1) is 18.3. The molecule has 0 spiro atoms. The van der Waals surface area contributed by atoms with Crippen LogP contribution in [0.4, 0.5) is 4.39 Å². The van der Waals surface area contributed by atoms with Crippen LogP contribution in [0.5, 0.6) is 5.75 Å². The molecule has 1 unspecified atom stereocenters. The third-order valence-electron chi connectivity index (χ3n) is 6.05. The second-order valence-electron chi connectivity index (χ2n) is 8.80. The summed E-state index contributed by atoms with van der Waals surface area (Å²) in [6.07, 6.45) is 0. The van der Waals surface area contributed by atoms with Crippen molar-refractivity contribution in [3.05, 3.63) is 105 Å². The summed E-state index contributed by atoms with van der Waals surface area (Å²) < 4.78 is 26.5. The molecule has 0 radical (unpaired) electrons. The van der Waals surface area contributed by atoms with E-state index in [4.69, 9.17) is 14.6 Å². The molecule has 0 bridgehead atoms. The molecule has 4 aromatic rings. The fourth-order valence-electron chi connectivity index (χ4n) is 3.98. The fourth-order valence-corrected chi connectivity index (χ4v) is 5.33. The van der Waals surface area contributed by atoms with Gasteiger partial charge in [0.25, 0.3) is 0 Å². The lowest BCUT2D eigenvalue weighted by Crippen LogP contribution is -2.22. The highest BCUT2D eigenvalue weighted by Gasteiger charge is 2.25. The molecule has 0 amide bonds. The van der Waals surface area contributed by atoms with E-state index < -0.39 is 12.6 Å². The molecule has 3 aromatic carbocycles. The van der Waals surface area contributed by atoms with Crippen molar-refractivity contribution in [2.45, 2.75) is 37.6 Å². The lowest BCUT2D eigenvalue weighted by Gasteiger charge is -2.19. The van der Waals surface area contributed by atoms with Gasteiger partial charge in [-0.1, -0.05) is 42.5 Å². The topological polar surface area (TPSA) is 75.3 Å². The number of carbonyl (C=O) groups excluding carboxylic acids is 1. The second kappa shape index (κ2) is 12.1. The number of hydrogen-bond donors (Lipinski definition) is 0. The van der Waals surface area contributed by atoms with Crippen LogP contribution in [0, 0.1) is 13.8 Å². The average molecular weight is 536 g/mol. The van der Waals surface area contributed by atoms with Crippen LogP contribution in [0.1, 0.15) is 40.3 Å². The molecule has 0 saturated heterocycles.